The monoisotopic (exact) mass is 582 g/mol. The molecule has 0 N–H and O–H groups in total. The Bertz CT molecular complexity index is 1150. The minimum atomic E-state index is 0.928. The summed E-state index contributed by atoms with van der Waals surface area (Å²) < 4.78 is 1.55. The van der Waals surface area contributed by atoms with Crippen LogP contribution in [0.25, 0.3) is 16.9 Å². The van der Waals surface area contributed by atoms with Crippen LogP contribution in [0.3, 0.4) is 0 Å². The fraction of sp³-hybridized carbons (Fsp3) is 0.610. The van der Waals surface area contributed by atoms with E-state index in [0.29, 0.717) is 0 Å². The van der Waals surface area contributed by atoms with E-state index in [1.165, 1.54) is 131 Å². The normalized spacial score (nSPS) is 13.5. The van der Waals surface area contributed by atoms with Crippen molar-refractivity contribution in [1.29, 1.82) is 0 Å². The Labute approximate surface area is 265 Å². The average Bonchev–Trinajstić information content (AvgIpc) is 3.31. The molecule has 1 aliphatic rings. The van der Waals surface area contributed by atoms with Crippen LogP contribution in [0.4, 0.5) is 0 Å². The van der Waals surface area contributed by atoms with Crippen molar-refractivity contribution in [3.8, 4) is 0 Å². The van der Waals surface area contributed by atoms with E-state index in [1.54, 1.807) is 4.70 Å². The molecule has 0 saturated heterocycles. The molecule has 1 heterocycles. The van der Waals surface area contributed by atoms with Crippen molar-refractivity contribution in [2.75, 3.05) is 0 Å². The first-order valence-corrected chi connectivity index (χ1v) is 18.3. The van der Waals surface area contributed by atoms with Crippen LogP contribution in [0.2, 0.25) is 0 Å². The van der Waals surface area contributed by atoms with Gasteiger partial charge >= 0.3 is 0 Å². The fourth-order valence-corrected chi connectivity index (χ4v) is 6.72. The first-order valence-electron chi connectivity index (χ1n) is 18.3. The first-order chi connectivity index (χ1) is 21.1. The molecule has 0 atom stereocenters. The van der Waals surface area contributed by atoms with E-state index in [2.05, 4.69) is 76.2 Å². The largest absolute Gasteiger partial charge is 0.493 e. The molecule has 43 heavy (non-hydrogen) atoms. The van der Waals surface area contributed by atoms with Gasteiger partial charge in [-0.2, -0.15) is 0 Å². The number of allylic oxidation sites excluding steroid dienone is 2. The second-order valence-corrected chi connectivity index (χ2v) is 12.9. The van der Waals surface area contributed by atoms with Crippen molar-refractivity contribution in [3.05, 3.63) is 87.5 Å². The third kappa shape index (κ3) is 11.2. The number of unbranched alkanes of at least 4 members (excludes halogenated alkanes) is 14. The third-order valence-electron chi connectivity index (χ3n) is 9.31. The topological polar surface area (TPSA) is 25.3 Å². The molecule has 1 aliphatic heterocycles. The van der Waals surface area contributed by atoms with Crippen molar-refractivity contribution in [3.63, 3.8) is 0 Å². The standard InChI is InChI=1S/C41H62N2/c1-5-9-12-14-16-17-18-21-24-34-29-31-36(32-30-34)40-39(28-22-19-15-13-10-6-2)38(8-4)41(43(40)42)37-27-23-26-35(33-37)25-20-11-7-3/h23,26-27,29-33H,5-22,24-25,28H2,1-4H3. The zero-order valence-electron chi connectivity index (χ0n) is 28.4. The van der Waals surface area contributed by atoms with Gasteiger partial charge in [0.05, 0.1) is 0 Å². The van der Waals surface area contributed by atoms with Crippen LogP contribution in [-0.2, 0) is 12.8 Å². The Balaban J connectivity index is 1.76. The molecule has 0 spiro atoms. The molecule has 2 nitrogen and oxygen atoms in total. The van der Waals surface area contributed by atoms with E-state index in [0.717, 1.165) is 48.2 Å². The van der Waals surface area contributed by atoms with E-state index >= 15 is 0 Å². The van der Waals surface area contributed by atoms with Crippen LogP contribution in [0.15, 0.2) is 59.7 Å². The molecule has 0 amide bonds. The van der Waals surface area contributed by atoms with Crippen LogP contribution < -0.4 is 0 Å². The van der Waals surface area contributed by atoms with E-state index in [4.69, 9.17) is 0 Å². The van der Waals surface area contributed by atoms with Gasteiger partial charge in [-0.05, 0) is 80.3 Å². The number of rotatable bonds is 23. The minimum Gasteiger partial charge on any atom is -0.493 e. The van der Waals surface area contributed by atoms with Gasteiger partial charge in [-0.25, -0.2) is 4.70 Å². The van der Waals surface area contributed by atoms with E-state index in [9.17, 15) is 5.53 Å². The van der Waals surface area contributed by atoms with Gasteiger partial charge in [0, 0.05) is 22.3 Å². The Hall–Kier alpha value is -2.48. The van der Waals surface area contributed by atoms with Crippen LogP contribution in [0, 0.1) is 0 Å². The molecule has 0 radical (unpaired) electrons. The van der Waals surface area contributed by atoms with Crippen molar-refractivity contribution in [2.45, 2.75) is 163 Å². The second kappa shape index (κ2) is 20.5. The summed E-state index contributed by atoms with van der Waals surface area (Å²) in [6.45, 7) is 9.09. The molecule has 2 aromatic carbocycles. The summed E-state index contributed by atoms with van der Waals surface area (Å²) in [5.41, 5.74) is 21.6. The molecule has 0 aliphatic carbocycles. The summed E-state index contributed by atoms with van der Waals surface area (Å²) in [7, 11) is 0. The van der Waals surface area contributed by atoms with Crippen molar-refractivity contribution < 1.29 is 4.70 Å². The highest BCUT2D eigenvalue weighted by atomic mass is 15.2. The Morgan fingerprint density at radius 1 is 0.465 bits per heavy atom. The van der Waals surface area contributed by atoms with Gasteiger partial charge < -0.3 is 5.53 Å². The molecule has 0 fully saturated rings. The molecule has 2 heteroatoms. The zero-order valence-corrected chi connectivity index (χ0v) is 28.4. The number of nitrogens with zero attached hydrogens (tertiary/aromatic N) is 2. The lowest BCUT2D eigenvalue weighted by atomic mass is 9.92. The highest BCUT2D eigenvalue weighted by molar-refractivity contribution is 5.82. The molecule has 2 aromatic rings. The minimum absolute atomic E-state index is 0.928. The zero-order chi connectivity index (χ0) is 30.7. The van der Waals surface area contributed by atoms with Gasteiger partial charge in [0.2, 0.25) is 11.4 Å². The summed E-state index contributed by atoms with van der Waals surface area (Å²) in [6.07, 6.45) is 26.5. The molecule has 3 rings (SSSR count). The Morgan fingerprint density at radius 3 is 1.56 bits per heavy atom. The Kier molecular flexibility index (Phi) is 16.7. The van der Waals surface area contributed by atoms with Gasteiger partial charge in [-0.1, -0.05) is 142 Å². The van der Waals surface area contributed by atoms with Gasteiger partial charge in [0.1, 0.15) is 0 Å². The third-order valence-corrected chi connectivity index (χ3v) is 9.31. The van der Waals surface area contributed by atoms with Gasteiger partial charge in [0.15, 0.2) is 0 Å². The van der Waals surface area contributed by atoms with Gasteiger partial charge in [-0.3, -0.25) is 0 Å². The maximum Gasteiger partial charge on any atom is 0.211 e. The molecule has 236 valence electrons. The highest BCUT2D eigenvalue weighted by Crippen LogP contribution is 2.44. The second-order valence-electron chi connectivity index (χ2n) is 12.9. The SMILES string of the molecule is CCCCCCCCCCc1ccc(C2=C(CCCCCCCC)C(CC)=C(c3cccc(CCCCC)c3)[N+]2=[N-])cc1. The summed E-state index contributed by atoms with van der Waals surface area (Å²) in [5.74, 6) is 0. The highest BCUT2D eigenvalue weighted by Gasteiger charge is 2.34. The van der Waals surface area contributed by atoms with Crippen molar-refractivity contribution in [2.24, 2.45) is 0 Å². The molecule has 0 aromatic heterocycles. The lowest BCUT2D eigenvalue weighted by Crippen LogP contribution is -2.03. The van der Waals surface area contributed by atoms with Gasteiger partial charge in [0.25, 0.3) is 0 Å². The summed E-state index contributed by atoms with van der Waals surface area (Å²) in [4.78, 5) is 0. The summed E-state index contributed by atoms with van der Waals surface area (Å²) in [6, 6.07) is 18.1. The van der Waals surface area contributed by atoms with Crippen molar-refractivity contribution in [1.82, 2.24) is 0 Å². The fourth-order valence-electron chi connectivity index (χ4n) is 6.72. The molecular weight excluding hydrogens is 520 g/mol. The number of aryl methyl sites for hydroxylation is 2. The lowest BCUT2D eigenvalue weighted by molar-refractivity contribution is -0.345. The number of hydrogen-bond donors (Lipinski definition) is 0. The molecule has 0 unspecified atom stereocenters. The maximum absolute atomic E-state index is 11.9. The predicted molar refractivity (Wildman–Crippen MR) is 188 cm³/mol. The first kappa shape index (κ1) is 35.0. The smallest absolute Gasteiger partial charge is 0.211 e. The summed E-state index contributed by atoms with van der Waals surface area (Å²) >= 11 is 0. The maximum atomic E-state index is 11.9. The van der Waals surface area contributed by atoms with E-state index in [1.807, 2.05) is 0 Å². The van der Waals surface area contributed by atoms with Gasteiger partial charge in [-0.15, -0.1) is 0 Å². The number of hydrogen-bond acceptors (Lipinski definition) is 0. The lowest BCUT2D eigenvalue weighted by Gasteiger charge is -2.11. The quantitative estimate of drug-likeness (QED) is 0.0920. The van der Waals surface area contributed by atoms with Crippen LogP contribution in [0.5, 0.6) is 0 Å². The van der Waals surface area contributed by atoms with Crippen LogP contribution >= 0.6 is 0 Å². The predicted octanol–water partition coefficient (Wildman–Crippen LogP) is 13.4. The molecular formula is C41H62N2. The van der Waals surface area contributed by atoms with E-state index in [-0.39, 0.29) is 0 Å². The Morgan fingerprint density at radius 2 is 0.953 bits per heavy atom. The van der Waals surface area contributed by atoms with Crippen LogP contribution in [-0.4, -0.2) is 4.70 Å². The average molecular weight is 583 g/mol. The molecule has 0 saturated carbocycles. The van der Waals surface area contributed by atoms with E-state index < -0.39 is 0 Å². The number of benzene rings is 2. The molecule has 0 bridgehead atoms. The summed E-state index contributed by atoms with van der Waals surface area (Å²) in [5, 5.41) is 0. The van der Waals surface area contributed by atoms with Crippen LogP contribution in [0.1, 0.15) is 172 Å². The van der Waals surface area contributed by atoms with Crippen molar-refractivity contribution >= 4 is 11.4 Å².